The van der Waals surface area contributed by atoms with Gasteiger partial charge in [0.1, 0.15) is 5.82 Å². The number of hydrogen-bond donors (Lipinski definition) is 0. The molecule has 0 saturated heterocycles. The highest BCUT2D eigenvalue weighted by molar-refractivity contribution is 6.32. The van der Waals surface area contributed by atoms with Gasteiger partial charge in [-0.1, -0.05) is 11.6 Å². The number of nitrogens with zero attached hydrogens (tertiary/aromatic N) is 1. The molecule has 0 bridgehead atoms. The normalized spacial score (nSPS) is 15.1. The Morgan fingerprint density at radius 3 is 2.56 bits per heavy atom. The minimum absolute atomic E-state index is 0.0757. The molecule has 0 amide bonds. The molecule has 0 atom stereocenters. The van der Waals surface area contributed by atoms with Crippen LogP contribution in [0.1, 0.15) is 25.0 Å². The smallest absolute Gasteiger partial charge is 0.363 e. The van der Waals surface area contributed by atoms with Crippen molar-refractivity contribution in [2.24, 2.45) is 4.99 Å². The molecular formula is C20H17ClFNO4. The fourth-order valence-electron chi connectivity index (χ4n) is 2.46. The molecule has 140 valence electrons. The van der Waals surface area contributed by atoms with E-state index in [4.69, 9.17) is 25.8 Å². The van der Waals surface area contributed by atoms with Crippen molar-refractivity contribution in [3.8, 4) is 11.5 Å². The average molecular weight is 390 g/mol. The second kappa shape index (κ2) is 7.80. The molecule has 1 heterocycles. The quantitative estimate of drug-likeness (QED) is 0.553. The van der Waals surface area contributed by atoms with E-state index < -0.39 is 5.97 Å². The van der Waals surface area contributed by atoms with Crippen LogP contribution in [-0.4, -0.2) is 25.1 Å². The van der Waals surface area contributed by atoms with Crippen LogP contribution in [0.4, 0.5) is 4.39 Å². The van der Waals surface area contributed by atoms with Gasteiger partial charge in [-0.15, -0.1) is 0 Å². The van der Waals surface area contributed by atoms with Crippen molar-refractivity contribution in [3.05, 3.63) is 64.1 Å². The van der Waals surface area contributed by atoms with Crippen LogP contribution in [-0.2, 0) is 9.53 Å². The van der Waals surface area contributed by atoms with Gasteiger partial charge in [-0.05, 0) is 61.9 Å². The Morgan fingerprint density at radius 1 is 1.22 bits per heavy atom. The molecule has 0 aliphatic carbocycles. The number of esters is 1. The molecular weight excluding hydrogens is 373 g/mol. The summed E-state index contributed by atoms with van der Waals surface area (Å²) in [5.41, 5.74) is 1.21. The molecule has 0 saturated carbocycles. The summed E-state index contributed by atoms with van der Waals surface area (Å²) >= 11 is 6.30. The van der Waals surface area contributed by atoms with E-state index in [1.54, 1.807) is 12.1 Å². The summed E-state index contributed by atoms with van der Waals surface area (Å²) in [5.74, 6) is -0.00107. The third kappa shape index (κ3) is 4.28. The van der Waals surface area contributed by atoms with Crippen molar-refractivity contribution in [1.82, 2.24) is 0 Å². The van der Waals surface area contributed by atoms with Gasteiger partial charge in [0.15, 0.2) is 17.2 Å². The van der Waals surface area contributed by atoms with Crippen LogP contribution >= 0.6 is 11.6 Å². The molecule has 0 spiro atoms. The molecule has 2 aromatic rings. The lowest BCUT2D eigenvalue weighted by Gasteiger charge is -2.15. The van der Waals surface area contributed by atoms with Gasteiger partial charge >= 0.3 is 5.97 Å². The molecule has 2 aromatic carbocycles. The molecule has 0 aromatic heterocycles. The monoisotopic (exact) mass is 389 g/mol. The Kier molecular flexibility index (Phi) is 5.46. The number of hydrogen-bond acceptors (Lipinski definition) is 5. The molecule has 5 nitrogen and oxygen atoms in total. The molecule has 1 aliphatic rings. The van der Waals surface area contributed by atoms with Crippen molar-refractivity contribution in [1.29, 1.82) is 0 Å². The van der Waals surface area contributed by atoms with Crippen molar-refractivity contribution in [2.75, 3.05) is 7.11 Å². The number of ether oxygens (including phenoxy) is 3. The molecule has 0 N–H and O–H groups in total. The molecule has 0 fully saturated rings. The van der Waals surface area contributed by atoms with Crippen LogP contribution < -0.4 is 9.47 Å². The van der Waals surface area contributed by atoms with Gasteiger partial charge in [-0.2, -0.15) is 0 Å². The Labute approximate surface area is 161 Å². The SMILES string of the molecule is COc1cc(C=C2N=C(c3ccc(F)cc3)OC2=O)cc(Cl)c1OC(C)C. The van der Waals surface area contributed by atoms with E-state index in [0.29, 0.717) is 27.6 Å². The third-order valence-corrected chi connectivity index (χ3v) is 3.90. The molecule has 0 radical (unpaired) electrons. The Hall–Kier alpha value is -2.86. The zero-order valence-electron chi connectivity index (χ0n) is 15.0. The molecule has 3 rings (SSSR count). The highest BCUT2D eigenvalue weighted by atomic mass is 35.5. The van der Waals surface area contributed by atoms with Gasteiger partial charge in [0, 0.05) is 5.56 Å². The zero-order valence-corrected chi connectivity index (χ0v) is 15.7. The van der Waals surface area contributed by atoms with Crippen molar-refractivity contribution >= 4 is 29.5 Å². The summed E-state index contributed by atoms with van der Waals surface area (Å²) in [6.45, 7) is 3.76. The highest BCUT2D eigenvalue weighted by Gasteiger charge is 2.24. The largest absolute Gasteiger partial charge is 0.493 e. The molecule has 7 heteroatoms. The fourth-order valence-corrected chi connectivity index (χ4v) is 2.72. The van der Waals surface area contributed by atoms with Crippen LogP contribution in [0.25, 0.3) is 6.08 Å². The number of cyclic esters (lactones) is 1. The van der Waals surface area contributed by atoms with Gasteiger partial charge < -0.3 is 14.2 Å². The number of carbonyl (C=O) groups excluding carboxylic acids is 1. The predicted molar refractivity (Wildman–Crippen MR) is 101 cm³/mol. The zero-order chi connectivity index (χ0) is 19.6. The second-order valence-corrected chi connectivity index (χ2v) is 6.45. The van der Waals surface area contributed by atoms with E-state index in [1.807, 2.05) is 13.8 Å². The first kappa shape index (κ1) is 18.9. The Bertz CT molecular complexity index is 936. The second-order valence-electron chi connectivity index (χ2n) is 6.04. The number of carbonyl (C=O) groups is 1. The number of benzene rings is 2. The van der Waals surface area contributed by atoms with Crippen LogP contribution in [0.3, 0.4) is 0 Å². The number of methoxy groups -OCH3 is 1. The van der Waals surface area contributed by atoms with Crippen molar-refractivity contribution in [2.45, 2.75) is 20.0 Å². The predicted octanol–water partition coefficient (Wildman–Crippen LogP) is 4.62. The van der Waals surface area contributed by atoms with Crippen molar-refractivity contribution in [3.63, 3.8) is 0 Å². The topological polar surface area (TPSA) is 57.1 Å². The maximum absolute atomic E-state index is 13.0. The molecule has 27 heavy (non-hydrogen) atoms. The Morgan fingerprint density at radius 2 is 1.93 bits per heavy atom. The van der Waals surface area contributed by atoms with Gasteiger partial charge in [-0.3, -0.25) is 0 Å². The summed E-state index contributed by atoms with van der Waals surface area (Å²) in [5, 5.41) is 0.351. The summed E-state index contributed by atoms with van der Waals surface area (Å²) in [4.78, 5) is 16.3. The van der Waals surface area contributed by atoms with Crippen LogP contribution in [0.15, 0.2) is 47.1 Å². The van der Waals surface area contributed by atoms with Gasteiger partial charge in [0.2, 0.25) is 5.90 Å². The van der Waals surface area contributed by atoms with Gasteiger partial charge in [0.05, 0.1) is 18.2 Å². The van der Waals surface area contributed by atoms with E-state index in [1.165, 1.54) is 37.5 Å². The standard InChI is InChI=1S/C20H17ClFNO4/c1-11(2)26-18-15(21)8-12(10-17(18)25-3)9-16-20(24)27-19(23-16)13-4-6-14(22)7-5-13/h4-11H,1-3H3. The fraction of sp³-hybridized carbons (Fsp3) is 0.200. The van der Waals surface area contributed by atoms with E-state index in [-0.39, 0.29) is 23.5 Å². The number of aliphatic imine (C=N–C) groups is 1. The minimum Gasteiger partial charge on any atom is -0.493 e. The first-order chi connectivity index (χ1) is 12.9. The first-order valence-electron chi connectivity index (χ1n) is 8.20. The van der Waals surface area contributed by atoms with Crippen LogP contribution in [0, 0.1) is 5.82 Å². The van der Waals surface area contributed by atoms with E-state index in [0.717, 1.165) is 0 Å². The number of rotatable bonds is 5. The first-order valence-corrected chi connectivity index (χ1v) is 8.58. The van der Waals surface area contributed by atoms with Gasteiger partial charge in [-0.25, -0.2) is 14.2 Å². The lowest BCUT2D eigenvalue weighted by atomic mass is 10.1. The molecule has 1 aliphatic heterocycles. The van der Waals surface area contributed by atoms with Crippen molar-refractivity contribution < 1.29 is 23.4 Å². The van der Waals surface area contributed by atoms with E-state index in [9.17, 15) is 9.18 Å². The van der Waals surface area contributed by atoms with Gasteiger partial charge in [0.25, 0.3) is 0 Å². The van der Waals surface area contributed by atoms with Crippen LogP contribution in [0.2, 0.25) is 5.02 Å². The lowest BCUT2D eigenvalue weighted by Crippen LogP contribution is -2.07. The maximum atomic E-state index is 13.0. The van der Waals surface area contributed by atoms with E-state index in [2.05, 4.69) is 4.99 Å². The summed E-state index contributed by atoms with van der Waals surface area (Å²) < 4.78 is 29.2. The molecule has 0 unspecified atom stereocenters. The lowest BCUT2D eigenvalue weighted by molar-refractivity contribution is -0.129. The number of halogens is 2. The Balaban J connectivity index is 1.95. The third-order valence-electron chi connectivity index (χ3n) is 3.62. The average Bonchev–Trinajstić information content (AvgIpc) is 2.98. The summed E-state index contributed by atoms with van der Waals surface area (Å²) in [6.07, 6.45) is 1.46. The summed E-state index contributed by atoms with van der Waals surface area (Å²) in [6, 6.07) is 8.85. The van der Waals surface area contributed by atoms with Crippen LogP contribution in [0.5, 0.6) is 11.5 Å². The highest BCUT2D eigenvalue weighted by Crippen LogP contribution is 2.38. The minimum atomic E-state index is -0.605. The summed E-state index contributed by atoms with van der Waals surface area (Å²) in [7, 11) is 1.50. The maximum Gasteiger partial charge on any atom is 0.363 e. The van der Waals surface area contributed by atoms with E-state index >= 15 is 0 Å².